The Morgan fingerprint density at radius 2 is 2.06 bits per heavy atom. The predicted octanol–water partition coefficient (Wildman–Crippen LogP) is -1.62. The van der Waals surface area contributed by atoms with Gasteiger partial charge in [0.25, 0.3) is 0 Å². The van der Waals surface area contributed by atoms with E-state index in [1.807, 2.05) is 0 Å². The molecule has 2 atom stereocenters. The molecular formula is C10H15N3O4. The molecule has 0 aromatic rings. The first-order chi connectivity index (χ1) is 7.82. The standard InChI is InChI=1S/C10H15N3O4/c1-5(11-7(3)14)10(17)13-4-8(15)12-9(16)6(13)2/h5-6H,4H2,1-3H3,(H,11,14)(H,12,15,16). The minimum absolute atomic E-state index is 0.171. The third-order valence-electron chi connectivity index (χ3n) is 2.50. The van der Waals surface area contributed by atoms with Crippen LogP contribution in [0.25, 0.3) is 0 Å². The molecule has 1 saturated heterocycles. The second-order valence-electron chi connectivity index (χ2n) is 3.98. The third kappa shape index (κ3) is 3.02. The van der Waals surface area contributed by atoms with E-state index in [4.69, 9.17) is 0 Å². The lowest BCUT2D eigenvalue weighted by Crippen LogP contribution is -2.61. The predicted molar refractivity (Wildman–Crippen MR) is 57.6 cm³/mol. The molecule has 94 valence electrons. The number of nitrogens with zero attached hydrogens (tertiary/aromatic N) is 1. The average Bonchev–Trinajstić information content (AvgIpc) is 2.21. The van der Waals surface area contributed by atoms with Gasteiger partial charge in [-0.2, -0.15) is 0 Å². The van der Waals surface area contributed by atoms with Crippen LogP contribution < -0.4 is 10.6 Å². The highest BCUT2D eigenvalue weighted by atomic mass is 16.2. The fourth-order valence-electron chi connectivity index (χ4n) is 1.60. The van der Waals surface area contributed by atoms with E-state index in [1.54, 1.807) is 0 Å². The molecule has 1 aliphatic rings. The number of piperazine rings is 1. The molecule has 1 fully saturated rings. The zero-order valence-electron chi connectivity index (χ0n) is 9.94. The summed E-state index contributed by atoms with van der Waals surface area (Å²) in [5.41, 5.74) is 0. The van der Waals surface area contributed by atoms with Crippen LogP contribution in [0.1, 0.15) is 20.8 Å². The van der Waals surface area contributed by atoms with Crippen molar-refractivity contribution in [3.8, 4) is 0 Å². The Balaban J connectivity index is 2.76. The highest BCUT2D eigenvalue weighted by molar-refractivity contribution is 6.04. The van der Waals surface area contributed by atoms with Gasteiger partial charge in [0, 0.05) is 6.92 Å². The molecule has 7 nitrogen and oxygen atoms in total. The van der Waals surface area contributed by atoms with Crippen LogP contribution in [0.2, 0.25) is 0 Å². The first kappa shape index (κ1) is 13.1. The quantitative estimate of drug-likeness (QED) is 0.568. The molecule has 0 aliphatic carbocycles. The van der Waals surface area contributed by atoms with E-state index >= 15 is 0 Å². The van der Waals surface area contributed by atoms with E-state index in [-0.39, 0.29) is 12.5 Å². The minimum atomic E-state index is -0.756. The fraction of sp³-hybridized carbons (Fsp3) is 0.600. The number of carbonyl (C=O) groups excluding carboxylic acids is 4. The molecule has 0 bridgehead atoms. The van der Waals surface area contributed by atoms with Gasteiger partial charge in [-0.3, -0.25) is 24.5 Å². The SMILES string of the molecule is CC(=O)NC(C)C(=O)N1CC(=O)NC(=O)C1C. The van der Waals surface area contributed by atoms with Crippen LogP contribution in [0, 0.1) is 0 Å². The van der Waals surface area contributed by atoms with Crippen molar-refractivity contribution in [3.63, 3.8) is 0 Å². The molecule has 1 heterocycles. The van der Waals surface area contributed by atoms with Crippen molar-refractivity contribution >= 4 is 23.6 Å². The van der Waals surface area contributed by atoms with Gasteiger partial charge >= 0.3 is 0 Å². The maximum absolute atomic E-state index is 11.9. The van der Waals surface area contributed by atoms with Crippen molar-refractivity contribution in [1.82, 2.24) is 15.5 Å². The zero-order chi connectivity index (χ0) is 13.2. The maximum Gasteiger partial charge on any atom is 0.249 e. The Labute approximate surface area is 98.5 Å². The average molecular weight is 241 g/mol. The molecule has 1 aliphatic heterocycles. The second-order valence-corrected chi connectivity index (χ2v) is 3.98. The van der Waals surface area contributed by atoms with Crippen molar-refractivity contribution in [2.45, 2.75) is 32.9 Å². The van der Waals surface area contributed by atoms with Gasteiger partial charge in [0.2, 0.25) is 23.6 Å². The Hall–Kier alpha value is -1.92. The highest BCUT2D eigenvalue weighted by Gasteiger charge is 2.35. The lowest BCUT2D eigenvalue weighted by molar-refractivity contribution is -0.150. The Morgan fingerprint density at radius 1 is 1.47 bits per heavy atom. The molecule has 1 rings (SSSR count). The molecule has 0 aromatic heterocycles. The van der Waals surface area contributed by atoms with Gasteiger partial charge in [0.15, 0.2) is 0 Å². The molecule has 2 unspecified atom stereocenters. The van der Waals surface area contributed by atoms with Crippen LogP contribution in [-0.4, -0.2) is 47.2 Å². The van der Waals surface area contributed by atoms with Gasteiger partial charge < -0.3 is 10.2 Å². The minimum Gasteiger partial charge on any atom is -0.345 e. The maximum atomic E-state index is 11.9. The number of imide groups is 1. The van der Waals surface area contributed by atoms with Crippen molar-refractivity contribution < 1.29 is 19.2 Å². The molecule has 2 N–H and O–H groups in total. The van der Waals surface area contributed by atoms with Gasteiger partial charge in [0.1, 0.15) is 18.6 Å². The number of hydrogen-bond donors (Lipinski definition) is 2. The largest absolute Gasteiger partial charge is 0.345 e. The van der Waals surface area contributed by atoms with Crippen LogP contribution in [0.3, 0.4) is 0 Å². The summed E-state index contributed by atoms with van der Waals surface area (Å²) < 4.78 is 0. The smallest absolute Gasteiger partial charge is 0.249 e. The highest BCUT2D eigenvalue weighted by Crippen LogP contribution is 2.07. The molecular weight excluding hydrogens is 226 g/mol. The van der Waals surface area contributed by atoms with Crippen LogP contribution in [-0.2, 0) is 19.2 Å². The molecule has 4 amide bonds. The summed E-state index contributed by atoms with van der Waals surface area (Å²) in [6.07, 6.45) is 0. The summed E-state index contributed by atoms with van der Waals surface area (Å²) in [5, 5.41) is 4.55. The van der Waals surface area contributed by atoms with Gasteiger partial charge in [0.05, 0.1) is 0 Å². The number of nitrogens with one attached hydrogen (secondary N) is 2. The Morgan fingerprint density at radius 3 is 2.59 bits per heavy atom. The number of carbonyl (C=O) groups is 4. The van der Waals surface area contributed by atoms with Crippen LogP contribution in [0.15, 0.2) is 0 Å². The molecule has 0 saturated carbocycles. The Bertz CT molecular complexity index is 380. The molecule has 0 spiro atoms. The van der Waals surface area contributed by atoms with Crippen LogP contribution in [0.4, 0.5) is 0 Å². The molecule has 0 aromatic carbocycles. The van der Waals surface area contributed by atoms with E-state index in [9.17, 15) is 19.2 Å². The molecule has 0 radical (unpaired) electrons. The van der Waals surface area contributed by atoms with Gasteiger partial charge in [-0.15, -0.1) is 0 Å². The summed E-state index contributed by atoms with van der Waals surface area (Å²) >= 11 is 0. The summed E-state index contributed by atoms with van der Waals surface area (Å²) in [4.78, 5) is 46.4. The normalized spacial score (nSPS) is 21.8. The topological polar surface area (TPSA) is 95.6 Å². The van der Waals surface area contributed by atoms with E-state index in [0.717, 1.165) is 4.90 Å². The van der Waals surface area contributed by atoms with Crippen molar-refractivity contribution in [2.24, 2.45) is 0 Å². The van der Waals surface area contributed by atoms with E-state index in [0.29, 0.717) is 0 Å². The first-order valence-corrected chi connectivity index (χ1v) is 5.24. The number of hydrogen-bond acceptors (Lipinski definition) is 4. The van der Waals surface area contributed by atoms with E-state index in [2.05, 4.69) is 10.6 Å². The van der Waals surface area contributed by atoms with Crippen LogP contribution >= 0.6 is 0 Å². The van der Waals surface area contributed by atoms with Crippen molar-refractivity contribution in [3.05, 3.63) is 0 Å². The summed E-state index contributed by atoms with van der Waals surface area (Å²) in [6.45, 7) is 4.16. The fourth-order valence-corrected chi connectivity index (χ4v) is 1.60. The number of rotatable bonds is 2. The van der Waals surface area contributed by atoms with Crippen molar-refractivity contribution in [2.75, 3.05) is 6.54 Å². The van der Waals surface area contributed by atoms with Gasteiger partial charge in [-0.25, -0.2) is 0 Å². The van der Waals surface area contributed by atoms with E-state index in [1.165, 1.54) is 20.8 Å². The number of amides is 4. The second kappa shape index (κ2) is 4.94. The van der Waals surface area contributed by atoms with Gasteiger partial charge in [-0.05, 0) is 13.8 Å². The Kier molecular flexibility index (Phi) is 3.82. The van der Waals surface area contributed by atoms with Crippen LogP contribution in [0.5, 0.6) is 0 Å². The third-order valence-corrected chi connectivity index (χ3v) is 2.50. The first-order valence-electron chi connectivity index (χ1n) is 5.24. The summed E-state index contributed by atoms with van der Waals surface area (Å²) in [5.74, 6) is -1.82. The molecule has 17 heavy (non-hydrogen) atoms. The van der Waals surface area contributed by atoms with Crippen molar-refractivity contribution in [1.29, 1.82) is 0 Å². The van der Waals surface area contributed by atoms with E-state index < -0.39 is 29.8 Å². The lowest BCUT2D eigenvalue weighted by Gasteiger charge is -2.33. The zero-order valence-corrected chi connectivity index (χ0v) is 9.94. The van der Waals surface area contributed by atoms with Gasteiger partial charge in [-0.1, -0.05) is 0 Å². The molecule has 7 heteroatoms. The monoisotopic (exact) mass is 241 g/mol. The summed E-state index contributed by atoms with van der Waals surface area (Å²) in [6, 6.07) is -1.47. The summed E-state index contributed by atoms with van der Waals surface area (Å²) in [7, 11) is 0. The lowest BCUT2D eigenvalue weighted by atomic mass is 10.1.